The lowest BCUT2D eigenvalue weighted by molar-refractivity contribution is -0.118. The Kier molecular flexibility index (Phi) is 5.52. The molecule has 0 atom stereocenters. The fraction of sp³-hybridized carbons (Fsp3) is 0.130. The molecule has 0 unspecified atom stereocenters. The Hall–Kier alpha value is -4.00. The second-order valence-corrected chi connectivity index (χ2v) is 7.07. The second-order valence-electron chi connectivity index (χ2n) is 7.07. The first-order valence-electron chi connectivity index (χ1n) is 9.63. The summed E-state index contributed by atoms with van der Waals surface area (Å²) in [6.45, 7) is 0. The number of carbonyl (C=O) groups is 2. The maximum atomic E-state index is 12.4. The number of nitrogens with zero attached hydrogens (tertiary/aromatic N) is 3. The number of primary amides is 1. The fourth-order valence-electron chi connectivity index (χ4n) is 3.27. The molecular weight excluding hydrogens is 378 g/mol. The Bertz CT molecular complexity index is 1200. The molecule has 0 radical (unpaired) electrons. The third-order valence-electron chi connectivity index (χ3n) is 4.80. The maximum absolute atomic E-state index is 12.4. The summed E-state index contributed by atoms with van der Waals surface area (Å²) in [6, 6.07) is 19.3. The molecule has 4 aromatic rings. The van der Waals surface area contributed by atoms with Crippen LogP contribution in [0.2, 0.25) is 0 Å². The minimum absolute atomic E-state index is 0.0975. The van der Waals surface area contributed by atoms with Crippen molar-refractivity contribution in [2.75, 3.05) is 5.32 Å². The number of fused-ring (bicyclic) bond motifs is 1. The van der Waals surface area contributed by atoms with Gasteiger partial charge in [0.15, 0.2) is 5.65 Å². The van der Waals surface area contributed by atoms with Crippen LogP contribution in [0.1, 0.15) is 17.5 Å². The molecule has 0 aliphatic heterocycles. The molecule has 7 nitrogen and oxygen atoms in total. The highest BCUT2D eigenvalue weighted by molar-refractivity contribution is 5.92. The van der Waals surface area contributed by atoms with Gasteiger partial charge in [-0.2, -0.15) is 5.10 Å². The van der Waals surface area contributed by atoms with Crippen molar-refractivity contribution in [3.8, 4) is 11.1 Å². The van der Waals surface area contributed by atoms with E-state index < -0.39 is 0 Å². The molecule has 0 spiro atoms. The highest BCUT2D eigenvalue weighted by Crippen LogP contribution is 2.21. The zero-order valence-corrected chi connectivity index (χ0v) is 16.3. The van der Waals surface area contributed by atoms with Gasteiger partial charge in [0.2, 0.25) is 11.8 Å². The third kappa shape index (κ3) is 4.70. The van der Waals surface area contributed by atoms with Crippen molar-refractivity contribution in [2.24, 2.45) is 5.73 Å². The van der Waals surface area contributed by atoms with Crippen molar-refractivity contribution in [1.29, 1.82) is 0 Å². The number of aryl methyl sites for hydroxylation is 1. The van der Waals surface area contributed by atoms with Gasteiger partial charge in [-0.15, -0.1) is 0 Å². The molecule has 0 saturated heterocycles. The van der Waals surface area contributed by atoms with Crippen molar-refractivity contribution in [1.82, 2.24) is 14.6 Å². The van der Waals surface area contributed by atoms with E-state index in [9.17, 15) is 9.59 Å². The van der Waals surface area contributed by atoms with Gasteiger partial charge in [0, 0.05) is 18.3 Å². The molecule has 150 valence electrons. The monoisotopic (exact) mass is 399 g/mol. The highest BCUT2D eigenvalue weighted by atomic mass is 16.1. The molecule has 4 rings (SSSR count). The van der Waals surface area contributed by atoms with Gasteiger partial charge in [0.05, 0.1) is 6.42 Å². The molecule has 0 bridgehead atoms. The first-order chi connectivity index (χ1) is 14.6. The minimum atomic E-state index is -0.339. The number of pyridine rings is 1. The topological polar surface area (TPSA) is 102 Å². The molecule has 7 heteroatoms. The van der Waals surface area contributed by atoms with Crippen molar-refractivity contribution in [3.63, 3.8) is 0 Å². The van der Waals surface area contributed by atoms with Gasteiger partial charge in [-0.3, -0.25) is 9.59 Å². The summed E-state index contributed by atoms with van der Waals surface area (Å²) in [6.07, 6.45) is 4.51. The number of benzene rings is 2. The lowest BCUT2D eigenvalue weighted by atomic mass is 10.0. The van der Waals surface area contributed by atoms with Crippen molar-refractivity contribution >= 4 is 23.1 Å². The molecule has 0 aliphatic rings. The van der Waals surface area contributed by atoms with E-state index in [1.54, 1.807) is 4.52 Å². The van der Waals surface area contributed by atoms with Crippen LogP contribution < -0.4 is 11.1 Å². The maximum Gasteiger partial charge on any atom is 0.228 e. The fourth-order valence-corrected chi connectivity index (χ4v) is 3.27. The van der Waals surface area contributed by atoms with Crippen LogP contribution in [0.3, 0.4) is 0 Å². The van der Waals surface area contributed by atoms with Crippen molar-refractivity contribution in [3.05, 3.63) is 84.3 Å². The van der Waals surface area contributed by atoms with E-state index in [4.69, 9.17) is 5.73 Å². The number of aromatic nitrogens is 3. The molecule has 2 aromatic carbocycles. The average Bonchev–Trinajstić information content (AvgIpc) is 3.21. The van der Waals surface area contributed by atoms with Crippen molar-refractivity contribution in [2.45, 2.75) is 19.3 Å². The van der Waals surface area contributed by atoms with Gasteiger partial charge in [-0.25, -0.2) is 9.50 Å². The molecule has 0 fully saturated rings. The van der Waals surface area contributed by atoms with Crippen LogP contribution in [0.25, 0.3) is 16.8 Å². The summed E-state index contributed by atoms with van der Waals surface area (Å²) in [5.74, 6) is -0.436. The van der Waals surface area contributed by atoms with E-state index in [0.29, 0.717) is 12.1 Å². The quantitative estimate of drug-likeness (QED) is 0.499. The highest BCUT2D eigenvalue weighted by Gasteiger charge is 2.07. The van der Waals surface area contributed by atoms with Gasteiger partial charge < -0.3 is 11.1 Å². The van der Waals surface area contributed by atoms with Crippen LogP contribution in [0.4, 0.5) is 5.69 Å². The first-order valence-corrected chi connectivity index (χ1v) is 9.63. The number of anilines is 1. The van der Waals surface area contributed by atoms with Crippen molar-refractivity contribution < 1.29 is 9.59 Å². The number of hydrogen-bond acceptors (Lipinski definition) is 4. The van der Waals surface area contributed by atoms with Gasteiger partial charge in [0.1, 0.15) is 6.33 Å². The largest absolute Gasteiger partial charge is 0.370 e. The number of carbonyl (C=O) groups excluding carboxylic acids is 2. The van der Waals surface area contributed by atoms with Gasteiger partial charge in [-0.1, -0.05) is 36.4 Å². The van der Waals surface area contributed by atoms with E-state index in [2.05, 4.69) is 15.4 Å². The number of amides is 2. The Morgan fingerprint density at radius 3 is 2.60 bits per heavy atom. The Labute approximate surface area is 173 Å². The number of hydrogen-bond donors (Lipinski definition) is 2. The van der Waals surface area contributed by atoms with Crippen LogP contribution >= 0.6 is 0 Å². The zero-order chi connectivity index (χ0) is 20.9. The van der Waals surface area contributed by atoms with E-state index in [1.165, 1.54) is 6.33 Å². The van der Waals surface area contributed by atoms with Crippen LogP contribution in [0, 0.1) is 0 Å². The molecular formula is C23H21N5O2. The summed E-state index contributed by atoms with van der Waals surface area (Å²) in [5.41, 5.74) is 10.7. The van der Waals surface area contributed by atoms with E-state index >= 15 is 0 Å². The van der Waals surface area contributed by atoms with Gasteiger partial charge in [0.25, 0.3) is 0 Å². The molecule has 2 amide bonds. The van der Waals surface area contributed by atoms with E-state index in [0.717, 1.165) is 27.9 Å². The lowest BCUT2D eigenvalue weighted by Gasteiger charge is -2.08. The molecule has 0 saturated carbocycles. The minimum Gasteiger partial charge on any atom is -0.370 e. The first kappa shape index (κ1) is 19.3. The molecule has 0 aliphatic carbocycles. The normalized spacial score (nSPS) is 10.8. The average molecular weight is 399 g/mol. The smallest absolute Gasteiger partial charge is 0.228 e. The molecule has 2 aromatic heterocycles. The number of rotatable bonds is 7. The number of nitrogens with two attached hydrogens (primary N) is 1. The molecule has 2 heterocycles. The lowest BCUT2D eigenvalue weighted by Crippen LogP contribution is -2.14. The summed E-state index contributed by atoms with van der Waals surface area (Å²) >= 11 is 0. The van der Waals surface area contributed by atoms with E-state index in [1.807, 2.05) is 66.9 Å². The van der Waals surface area contributed by atoms with E-state index in [-0.39, 0.29) is 24.7 Å². The number of nitrogens with one attached hydrogen (secondary N) is 1. The van der Waals surface area contributed by atoms with Gasteiger partial charge in [-0.05, 0) is 52.9 Å². The SMILES string of the molecule is NC(=O)CCc1cccc(NC(=O)Cc2ccc(-c3ccn4ncnc4c3)cc2)c1. The van der Waals surface area contributed by atoms with Crippen LogP contribution in [0.15, 0.2) is 73.2 Å². The molecule has 30 heavy (non-hydrogen) atoms. The standard InChI is InChI=1S/C23H21N5O2/c24-21(29)9-6-16-2-1-3-20(12-16)27-23(30)13-17-4-7-18(8-5-17)19-10-11-28-22(14-19)25-15-26-28/h1-5,7-8,10-12,14-15H,6,9,13H2,(H2,24,29)(H,27,30). The predicted octanol–water partition coefficient (Wildman–Crippen LogP) is 3.00. The second kappa shape index (κ2) is 8.57. The van der Waals surface area contributed by atoms with Crippen LogP contribution in [0.5, 0.6) is 0 Å². The van der Waals surface area contributed by atoms with Gasteiger partial charge >= 0.3 is 0 Å². The Morgan fingerprint density at radius 2 is 1.80 bits per heavy atom. The third-order valence-corrected chi connectivity index (χ3v) is 4.80. The summed E-state index contributed by atoms with van der Waals surface area (Å²) in [4.78, 5) is 27.6. The summed E-state index contributed by atoms with van der Waals surface area (Å²) in [5, 5.41) is 7.01. The van der Waals surface area contributed by atoms with Crippen LogP contribution in [-0.4, -0.2) is 26.4 Å². The Morgan fingerprint density at radius 1 is 0.967 bits per heavy atom. The molecule has 3 N–H and O–H groups in total. The zero-order valence-electron chi connectivity index (χ0n) is 16.3. The summed E-state index contributed by atoms with van der Waals surface area (Å²) in [7, 11) is 0. The predicted molar refractivity (Wildman–Crippen MR) is 115 cm³/mol. The summed E-state index contributed by atoms with van der Waals surface area (Å²) < 4.78 is 1.71. The van der Waals surface area contributed by atoms with Crippen LogP contribution in [-0.2, 0) is 22.4 Å². The Balaban J connectivity index is 1.39.